The largest absolute Gasteiger partial charge is 0.360 e. The lowest BCUT2D eigenvalue weighted by atomic mass is 9.97. The number of carbonyl (C=O) groups excluding carboxylic acids is 1. The number of fused-ring (bicyclic) bond motifs is 1. The summed E-state index contributed by atoms with van der Waals surface area (Å²) >= 11 is 6.43. The molecule has 2 aromatic carbocycles. The number of nitrogens with one attached hydrogen (secondary N) is 2. The molecule has 0 saturated heterocycles. The Bertz CT molecular complexity index is 993. The smallest absolute Gasteiger partial charge is 0.225 e. The van der Waals surface area contributed by atoms with Crippen LogP contribution in [0.4, 0.5) is 11.5 Å². The fraction of sp³-hybridized carbons (Fsp3) is 0.333. The minimum Gasteiger partial charge on any atom is -0.360 e. The van der Waals surface area contributed by atoms with E-state index in [0.29, 0.717) is 17.1 Å². The van der Waals surface area contributed by atoms with Crippen LogP contribution in [0.5, 0.6) is 0 Å². The molecule has 1 unspecified atom stereocenters. The Morgan fingerprint density at radius 2 is 1.90 bits per heavy atom. The van der Waals surface area contributed by atoms with Crippen LogP contribution < -0.4 is 15.5 Å². The predicted octanol–water partition coefficient (Wildman–Crippen LogP) is 5.07. The van der Waals surface area contributed by atoms with Crippen molar-refractivity contribution in [1.29, 1.82) is 0 Å². The maximum Gasteiger partial charge on any atom is 0.225 e. The summed E-state index contributed by atoms with van der Waals surface area (Å²) in [6.45, 7) is 3.93. The van der Waals surface area contributed by atoms with Gasteiger partial charge in [-0.15, -0.1) is 0 Å². The molecular weight excluding hydrogens is 396 g/mol. The molecule has 6 heteroatoms. The van der Waals surface area contributed by atoms with Gasteiger partial charge in [-0.05, 0) is 55.8 Å². The number of nitrogens with zero attached hydrogens (tertiary/aromatic N) is 2. The first-order chi connectivity index (χ1) is 14.5. The molecule has 30 heavy (non-hydrogen) atoms. The minimum absolute atomic E-state index is 0.0611. The summed E-state index contributed by atoms with van der Waals surface area (Å²) in [5, 5.41) is 7.53. The van der Waals surface area contributed by atoms with Gasteiger partial charge in [-0.3, -0.25) is 4.79 Å². The van der Waals surface area contributed by atoms with Crippen molar-refractivity contribution >= 4 is 39.9 Å². The van der Waals surface area contributed by atoms with E-state index in [4.69, 9.17) is 16.6 Å². The van der Waals surface area contributed by atoms with E-state index in [1.165, 1.54) is 0 Å². The molecule has 0 aliphatic rings. The van der Waals surface area contributed by atoms with Crippen LogP contribution in [0, 0.1) is 0 Å². The molecule has 0 bridgehead atoms. The number of hydrogen-bond donors (Lipinski definition) is 2. The van der Waals surface area contributed by atoms with Crippen LogP contribution in [0.15, 0.2) is 54.6 Å². The van der Waals surface area contributed by atoms with Crippen LogP contribution >= 0.6 is 11.6 Å². The molecule has 3 aromatic rings. The van der Waals surface area contributed by atoms with E-state index in [1.54, 1.807) is 6.07 Å². The van der Waals surface area contributed by atoms with Gasteiger partial charge < -0.3 is 15.5 Å². The number of amides is 1. The molecule has 1 atom stereocenters. The quantitative estimate of drug-likeness (QED) is 0.471. The van der Waals surface area contributed by atoms with Gasteiger partial charge in [-0.2, -0.15) is 0 Å². The van der Waals surface area contributed by atoms with Crippen LogP contribution in [-0.2, 0) is 4.79 Å². The van der Waals surface area contributed by atoms with Crippen LogP contribution in [0.1, 0.15) is 31.2 Å². The second-order valence-electron chi connectivity index (χ2n) is 7.60. The van der Waals surface area contributed by atoms with Crippen molar-refractivity contribution in [1.82, 2.24) is 10.3 Å². The fourth-order valence-electron chi connectivity index (χ4n) is 3.48. The first-order valence-corrected chi connectivity index (χ1v) is 10.7. The van der Waals surface area contributed by atoms with E-state index in [-0.39, 0.29) is 11.8 Å². The zero-order valence-electron chi connectivity index (χ0n) is 17.8. The standard InChI is InChI=1S/C24H29ClN4O/c1-17(18-8-5-4-6-9-18)16-23(30)28-24-19-10-13-22(29(3)15-7-14-26-2)27-21(19)12-11-20(24)25/h4-6,8-13,17,26H,7,14-16H2,1-3H3,(H,28,30). The Hall–Kier alpha value is -2.63. The minimum atomic E-state index is -0.0611. The van der Waals surface area contributed by atoms with Crippen molar-refractivity contribution in [2.24, 2.45) is 0 Å². The maximum absolute atomic E-state index is 12.7. The lowest BCUT2D eigenvalue weighted by molar-refractivity contribution is -0.116. The molecule has 1 amide bonds. The monoisotopic (exact) mass is 424 g/mol. The highest BCUT2D eigenvalue weighted by Crippen LogP contribution is 2.32. The zero-order valence-corrected chi connectivity index (χ0v) is 18.5. The SMILES string of the molecule is CNCCCN(C)c1ccc2c(NC(=O)CC(C)c3ccccc3)c(Cl)ccc2n1. The molecule has 1 heterocycles. The fourth-order valence-corrected chi connectivity index (χ4v) is 3.69. The molecule has 0 spiro atoms. The van der Waals surface area contributed by atoms with Gasteiger partial charge >= 0.3 is 0 Å². The summed E-state index contributed by atoms with van der Waals surface area (Å²) in [7, 11) is 3.99. The lowest BCUT2D eigenvalue weighted by Crippen LogP contribution is -2.23. The summed E-state index contributed by atoms with van der Waals surface area (Å²) < 4.78 is 0. The number of anilines is 2. The van der Waals surface area contributed by atoms with Gasteiger partial charge in [0.05, 0.1) is 16.2 Å². The summed E-state index contributed by atoms with van der Waals surface area (Å²) in [6.07, 6.45) is 1.42. The Morgan fingerprint density at radius 3 is 2.63 bits per heavy atom. The van der Waals surface area contributed by atoms with Gasteiger partial charge in [0.25, 0.3) is 0 Å². The Kier molecular flexibility index (Phi) is 7.66. The van der Waals surface area contributed by atoms with E-state index < -0.39 is 0 Å². The molecule has 3 rings (SSSR count). The second-order valence-corrected chi connectivity index (χ2v) is 8.01. The first-order valence-electron chi connectivity index (χ1n) is 10.3. The van der Waals surface area contributed by atoms with E-state index in [1.807, 2.05) is 62.6 Å². The van der Waals surface area contributed by atoms with Gasteiger partial charge in [0.15, 0.2) is 0 Å². The number of benzene rings is 2. The van der Waals surface area contributed by atoms with E-state index in [0.717, 1.165) is 41.8 Å². The third-order valence-electron chi connectivity index (χ3n) is 5.24. The Labute approximate surface area is 183 Å². The average molecular weight is 425 g/mol. The summed E-state index contributed by atoms with van der Waals surface area (Å²) in [5.41, 5.74) is 2.57. The zero-order chi connectivity index (χ0) is 21.5. The average Bonchev–Trinajstić information content (AvgIpc) is 2.76. The van der Waals surface area contributed by atoms with Gasteiger partial charge in [-0.25, -0.2) is 4.98 Å². The Morgan fingerprint density at radius 1 is 1.13 bits per heavy atom. The summed E-state index contributed by atoms with van der Waals surface area (Å²) in [5.74, 6) is 0.959. The first kappa shape index (κ1) is 22.1. The number of pyridine rings is 1. The topological polar surface area (TPSA) is 57.3 Å². The molecule has 0 aliphatic heterocycles. The number of rotatable bonds is 9. The van der Waals surface area contributed by atoms with Crippen molar-refractivity contribution in [3.05, 3.63) is 65.2 Å². The lowest BCUT2D eigenvalue weighted by Gasteiger charge is -2.19. The van der Waals surface area contributed by atoms with Crippen LogP contribution in [-0.4, -0.2) is 38.1 Å². The van der Waals surface area contributed by atoms with Gasteiger partial charge in [0.1, 0.15) is 5.82 Å². The number of halogens is 1. The van der Waals surface area contributed by atoms with Gasteiger partial charge in [0.2, 0.25) is 5.91 Å². The second kappa shape index (κ2) is 10.4. The highest BCUT2D eigenvalue weighted by Gasteiger charge is 2.15. The Balaban J connectivity index is 1.76. The maximum atomic E-state index is 12.7. The molecule has 1 aromatic heterocycles. The van der Waals surface area contributed by atoms with Gasteiger partial charge in [-0.1, -0.05) is 48.9 Å². The van der Waals surface area contributed by atoms with Crippen molar-refractivity contribution in [2.45, 2.75) is 25.7 Å². The predicted molar refractivity (Wildman–Crippen MR) is 127 cm³/mol. The van der Waals surface area contributed by atoms with Crippen LogP contribution in [0.2, 0.25) is 5.02 Å². The third-order valence-corrected chi connectivity index (χ3v) is 5.56. The number of hydrogen-bond acceptors (Lipinski definition) is 4. The van der Waals surface area contributed by atoms with Crippen molar-refractivity contribution in [3.63, 3.8) is 0 Å². The molecule has 0 fully saturated rings. The van der Waals surface area contributed by atoms with Crippen molar-refractivity contribution < 1.29 is 4.79 Å². The molecule has 2 N–H and O–H groups in total. The highest BCUT2D eigenvalue weighted by atomic mass is 35.5. The third kappa shape index (κ3) is 5.49. The molecule has 0 saturated carbocycles. The van der Waals surface area contributed by atoms with Gasteiger partial charge in [0, 0.05) is 25.4 Å². The van der Waals surface area contributed by atoms with Crippen LogP contribution in [0.3, 0.4) is 0 Å². The van der Waals surface area contributed by atoms with E-state index in [2.05, 4.69) is 22.5 Å². The molecule has 5 nitrogen and oxygen atoms in total. The molecular formula is C24H29ClN4O. The molecule has 158 valence electrons. The van der Waals surface area contributed by atoms with Crippen molar-refractivity contribution in [3.8, 4) is 0 Å². The summed E-state index contributed by atoms with van der Waals surface area (Å²) in [4.78, 5) is 19.6. The van der Waals surface area contributed by atoms with Crippen molar-refractivity contribution in [2.75, 3.05) is 37.4 Å². The highest BCUT2D eigenvalue weighted by molar-refractivity contribution is 6.35. The van der Waals surface area contributed by atoms with E-state index in [9.17, 15) is 4.79 Å². The molecule has 0 radical (unpaired) electrons. The summed E-state index contributed by atoms with van der Waals surface area (Å²) in [6, 6.07) is 17.7. The number of carbonyl (C=O) groups is 1. The van der Waals surface area contributed by atoms with E-state index >= 15 is 0 Å². The molecule has 0 aliphatic carbocycles. The normalized spacial score (nSPS) is 12.0. The number of aromatic nitrogens is 1. The van der Waals surface area contributed by atoms with Crippen LogP contribution in [0.25, 0.3) is 10.9 Å².